The molecule has 0 aliphatic carbocycles. The molecule has 1 N–H and O–H groups in total. The van der Waals surface area contributed by atoms with E-state index in [1.165, 1.54) is 11.8 Å². The second-order valence-corrected chi connectivity index (χ2v) is 7.60. The summed E-state index contributed by atoms with van der Waals surface area (Å²) in [5.74, 6) is 0.470. The van der Waals surface area contributed by atoms with E-state index >= 15 is 0 Å². The number of aromatic amines is 1. The first kappa shape index (κ1) is 20.9. The van der Waals surface area contributed by atoms with Gasteiger partial charge in [0.05, 0.1) is 30.2 Å². The van der Waals surface area contributed by atoms with E-state index in [4.69, 9.17) is 4.74 Å². The van der Waals surface area contributed by atoms with Gasteiger partial charge in [0.25, 0.3) is 0 Å². The summed E-state index contributed by atoms with van der Waals surface area (Å²) in [7, 11) is 0. The van der Waals surface area contributed by atoms with Gasteiger partial charge in [-0.25, -0.2) is 4.79 Å². The normalized spacial score (nSPS) is 10.9. The third-order valence-electron chi connectivity index (χ3n) is 4.61. The monoisotopic (exact) mass is 412 g/mol. The Balaban J connectivity index is 1.74. The number of nitrogens with one attached hydrogen (secondary N) is 1. The first-order valence-electron chi connectivity index (χ1n) is 9.38. The van der Waals surface area contributed by atoms with E-state index in [0.29, 0.717) is 40.8 Å². The van der Waals surface area contributed by atoms with Crippen LogP contribution in [0.5, 0.6) is 0 Å². The molecule has 0 unspecified atom stereocenters. The van der Waals surface area contributed by atoms with Crippen molar-refractivity contribution in [3.05, 3.63) is 64.2 Å². The molecule has 2 heterocycles. The van der Waals surface area contributed by atoms with Gasteiger partial charge < -0.3 is 14.3 Å². The van der Waals surface area contributed by atoms with E-state index in [0.717, 1.165) is 11.4 Å². The fourth-order valence-electron chi connectivity index (χ4n) is 3.16. The van der Waals surface area contributed by atoms with E-state index in [9.17, 15) is 9.59 Å². The van der Waals surface area contributed by atoms with Crippen molar-refractivity contribution in [1.82, 2.24) is 19.7 Å². The molecule has 0 radical (unpaired) electrons. The fourth-order valence-corrected chi connectivity index (χ4v) is 4.01. The van der Waals surface area contributed by atoms with Crippen LogP contribution in [0.15, 0.2) is 35.5 Å². The number of Topliss-reactive ketones (excluding diaryl/α,β-unsaturated/α-hetero) is 1. The minimum Gasteiger partial charge on any atom is -0.462 e. The molecule has 0 atom stereocenters. The van der Waals surface area contributed by atoms with Crippen molar-refractivity contribution in [3.63, 3.8) is 0 Å². The Kier molecular flexibility index (Phi) is 6.53. The van der Waals surface area contributed by atoms with Gasteiger partial charge in [-0.2, -0.15) is 0 Å². The number of thioether (sulfide) groups is 1. The minimum absolute atomic E-state index is 0.0990. The summed E-state index contributed by atoms with van der Waals surface area (Å²) in [6.45, 7) is 8.11. The molecule has 29 heavy (non-hydrogen) atoms. The van der Waals surface area contributed by atoms with Crippen molar-refractivity contribution in [2.75, 3.05) is 12.4 Å². The number of esters is 1. The lowest BCUT2D eigenvalue weighted by Gasteiger charge is -2.08. The number of H-pyrrole nitrogens is 1. The van der Waals surface area contributed by atoms with Gasteiger partial charge in [0, 0.05) is 5.69 Å². The number of carbonyl (C=O) groups excluding carboxylic acids is 2. The highest BCUT2D eigenvalue weighted by Gasteiger charge is 2.23. The van der Waals surface area contributed by atoms with Crippen LogP contribution >= 0.6 is 11.8 Å². The van der Waals surface area contributed by atoms with Crippen LogP contribution in [0.2, 0.25) is 0 Å². The third-order valence-corrected chi connectivity index (χ3v) is 5.58. The number of ketones is 1. The van der Waals surface area contributed by atoms with Gasteiger partial charge in [-0.15, -0.1) is 10.2 Å². The first-order chi connectivity index (χ1) is 13.9. The molecule has 0 saturated heterocycles. The summed E-state index contributed by atoms with van der Waals surface area (Å²) in [5.41, 5.74) is 3.26. The Bertz CT molecular complexity index is 1020. The summed E-state index contributed by atoms with van der Waals surface area (Å²) >= 11 is 1.34. The number of hydrogen-bond donors (Lipinski definition) is 1. The highest BCUT2D eigenvalue weighted by Crippen LogP contribution is 2.23. The molecule has 152 valence electrons. The van der Waals surface area contributed by atoms with Crippen molar-refractivity contribution < 1.29 is 14.3 Å². The quantitative estimate of drug-likeness (QED) is 0.344. The summed E-state index contributed by atoms with van der Waals surface area (Å²) in [6.07, 6.45) is 0. The van der Waals surface area contributed by atoms with Gasteiger partial charge >= 0.3 is 5.97 Å². The summed E-state index contributed by atoms with van der Waals surface area (Å²) in [4.78, 5) is 28.0. The van der Waals surface area contributed by atoms with Crippen LogP contribution in [0, 0.1) is 20.8 Å². The van der Waals surface area contributed by atoms with Crippen LogP contribution in [0.3, 0.4) is 0 Å². The standard InChI is InChI=1S/C21H24N4O3S/c1-5-28-20(27)18-13(2)19(22-14(18)3)17(26)12-29-21-24-23-15(4)25(21)11-16-9-7-6-8-10-16/h6-10,22H,5,11-12H2,1-4H3. The lowest BCUT2D eigenvalue weighted by Crippen LogP contribution is -2.09. The predicted molar refractivity (Wildman–Crippen MR) is 112 cm³/mol. The SMILES string of the molecule is CCOC(=O)c1c(C)[nH]c(C(=O)CSc2nnc(C)n2Cc2ccccc2)c1C. The Morgan fingerprint density at radius 2 is 1.86 bits per heavy atom. The van der Waals surface area contributed by atoms with Gasteiger partial charge in [0.15, 0.2) is 10.9 Å². The van der Waals surface area contributed by atoms with E-state index < -0.39 is 5.97 Å². The zero-order valence-electron chi connectivity index (χ0n) is 17.0. The average Bonchev–Trinajstić information content (AvgIpc) is 3.20. The average molecular weight is 413 g/mol. The lowest BCUT2D eigenvalue weighted by atomic mass is 10.1. The minimum atomic E-state index is -0.413. The third kappa shape index (κ3) is 4.59. The van der Waals surface area contributed by atoms with E-state index in [1.807, 2.05) is 41.8 Å². The first-order valence-corrected chi connectivity index (χ1v) is 10.4. The fraction of sp³-hybridized carbons (Fsp3) is 0.333. The zero-order valence-corrected chi connectivity index (χ0v) is 17.8. The molecular formula is C21H24N4O3S. The molecule has 0 bridgehead atoms. The van der Waals surface area contributed by atoms with Crippen LogP contribution in [0.25, 0.3) is 0 Å². The number of hydrogen-bond acceptors (Lipinski definition) is 6. The Morgan fingerprint density at radius 3 is 2.55 bits per heavy atom. The van der Waals surface area contributed by atoms with Crippen LogP contribution in [-0.4, -0.2) is 43.9 Å². The van der Waals surface area contributed by atoms with Crippen molar-refractivity contribution in [1.29, 1.82) is 0 Å². The molecule has 3 aromatic rings. The number of nitrogens with zero attached hydrogens (tertiary/aromatic N) is 3. The maximum Gasteiger partial charge on any atom is 0.340 e. The van der Waals surface area contributed by atoms with Gasteiger partial charge in [-0.1, -0.05) is 42.1 Å². The number of aromatic nitrogens is 4. The summed E-state index contributed by atoms with van der Waals surface area (Å²) in [5, 5.41) is 9.06. The Morgan fingerprint density at radius 1 is 1.14 bits per heavy atom. The molecule has 0 amide bonds. The maximum absolute atomic E-state index is 12.8. The molecule has 8 heteroatoms. The van der Waals surface area contributed by atoms with Crippen molar-refractivity contribution in [2.24, 2.45) is 0 Å². The van der Waals surface area contributed by atoms with Crippen LogP contribution in [-0.2, 0) is 11.3 Å². The van der Waals surface area contributed by atoms with Gasteiger partial charge in [0.2, 0.25) is 0 Å². The second-order valence-electron chi connectivity index (χ2n) is 6.66. The maximum atomic E-state index is 12.8. The van der Waals surface area contributed by atoms with E-state index in [1.54, 1.807) is 20.8 Å². The number of ether oxygens (including phenoxy) is 1. The second kappa shape index (κ2) is 9.09. The Hall–Kier alpha value is -2.87. The number of carbonyl (C=O) groups is 2. The van der Waals surface area contributed by atoms with Crippen molar-refractivity contribution in [2.45, 2.75) is 39.4 Å². The number of rotatable bonds is 8. The van der Waals surface area contributed by atoms with Gasteiger partial charge in [0.1, 0.15) is 5.82 Å². The highest BCUT2D eigenvalue weighted by atomic mass is 32.2. The smallest absolute Gasteiger partial charge is 0.340 e. The predicted octanol–water partition coefficient (Wildman–Crippen LogP) is 3.73. The van der Waals surface area contributed by atoms with Crippen LogP contribution in [0.1, 0.15) is 50.4 Å². The summed E-state index contributed by atoms with van der Waals surface area (Å²) in [6, 6.07) is 10.0. The Labute approximate surface area is 173 Å². The number of aryl methyl sites for hydroxylation is 2. The van der Waals surface area contributed by atoms with Crippen LogP contribution in [0.4, 0.5) is 0 Å². The van der Waals surface area contributed by atoms with Gasteiger partial charge in [-0.05, 0) is 38.8 Å². The topological polar surface area (TPSA) is 89.9 Å². The van der Waals surface area contributed by atoms with Crippen LogP contribution < -0.4 is 0 Å². The largest absolute Gasteiger partial charge is 0.462 e. The molecule has 0 fully saturated rings. The van der Waals surface area contributed by atoms with Gasteiger partial charge in [-0.3, -0.25) is 4.79 Å². The molecule has 2 aromatic heterocycles. The molecule has 0 spiro atoms. The van der Waals surface area contributed by atoms with E-state index in [-0.39, 0.29) is 11.5 Å². The van der Waals surface area contributed by atoms with E-state index in [2.05, 4.69) is 15.2 Å². The molecule has 1 aromatic carbocycles. The molecular weight excluding hydrogens is 388 g/mol. The van der Waals surface area contributed by atoms with Crippen molar-refractivity contribution in [3.8, 4) is 0 Å². The number of benzene rings is 1. The zero-order chi connectivity index (χ0) is 21.0. The molecule has 7 nitrogen and oxygen atoms in total. The molecule has 0 saturated carbocycles. The molecule has 0 aliphatic heterocycles. The highest BCUT2D eigenvalue weighted by molar-refractivity contribution is 7.99. The lowest BCUT2D eigenvalue weighted by molar-refractivity contribution is 0.0525. The summed E-state index contributed by atoms with van der Waals surface area (Å²) < 4.78 is 7.08. The molecule has 3 rings (SSSR count). The molecule has 0 aliphatic rings. The van der Waals surface area contributed by atoms with Crippen molar-refractivity contribution >= 4 is 23.5 Å².